The molecule has 0 spiro atoms. The third-order valence-corrected chi connectivity index (χ3v) is 3.40. The Labute approximate surface area is 117 Å². The van der Waals surface area contributed by atoms with Gasteiger partial charge in [-0.05, 0) is 0 Å². The topological polar surface area (TPSA) is 174 Å². The van der Waals surface area contributed by atoms with E-state index in [2.05, 4.69) is 4.52 Å². The first-order valence-electron chi connectivity index (χ1n) is 5.74. The number of ether oxygens (including phenoxy) is 1. The minimum atomic E-state index is -4.69. The van der Waals surface area contributed by atoms with Crippen LogP contribution < -0.4 is 11.2 Å². The van der Waals surface area contributed by atoms with Gasteiger partial charge in [0, 0.05) is 12.3 Å². The molecule has 0 amide bonds. The molecule has 1 aliphatic heterocycles. The van der Waals surface area contributed by atoms with E-state index in [1.807, 2.05) is 4.98 Å². The lowest BCUT2D eigenvalue weighted by atomic mass is 10.1. The van der Waals surface area contributed by atoms with E-state index in [9.17, 15) is 14.7 Å². The Morgan fingerprint density at radius 3 is 2.57 bits per heavy atom. The molecule has 0 saturated carbocycles. The average molecular weight is 325 g/mol. The van der Waals surface area contributed by atoms with Crippen LogP contribution in [0, 0.1) is 0 Å². The molecular formula is C9H14N2O9P+. The van der Waals surface area contributed by atoms with Gasteiger partial charge in [-0.25, -0.2) is 4.79 Å². The van der Waals surface area contributed by atoms with Gasteiger partial charge in [0.15, 0.2) is 12.3 Å². The van der Waals surface area contributed by atoms with E-state index in [1.165, 1.54) is 0 Å². The molecule has 1 aromatic heterocycles. The molecule has 1 fully saturated rings. The fraction of sp³-hybridized carbons (Fsp3) is 0.556. The zero-order valence-electron chi connectivity index (χ0n) is 10.4. The highest BCUT2D eigenvalue weighted by Gasteiger charge is 2.53. The molecule has 0 aromatic carbocycles. The highest BCUT2D eigenvalue weighted by atomic mass is 31.2. The summed E-state index contributed by atoms with van der Waals surface area (Å²) in [6, 6.07) is 1.01. The number of aliphatic hydroxyl groups excluding tert-OH is 2. The maximum absolute atomic E-state index is 11.6. The van der Waals surface area contributed by atoms with E-state index in [4.69, 9.17) is 24.5 Å². The summed E-state index contributed by atoms with van der Waals surface area (Å²) in [6.45, 7) is -0.670. The number of H-pyrrole nitrogens is 1. The number of hydrogen-bond acceptors (Lipinski definition) is 9. The predicted octanol–water partition coefficient (Wildman–Crippen LogP) is -3.17. The van der Waals surface area contributed by atoms with Crippen LogP contribution in [0.2, 0.25) is 0 Å². The third-order valence-electron chi connectivity index (χ3n) is 2.88. The van der Waals surface area contributed by atoms with Gasteiger partial charge in [0.1, 0.15) is 12.2 Å². The van der Waals surface area contributed by atoms with Crippen LogP contribution in [0.15, 0.2) is 21.9 Å². The first-order valence-corrected chi connectivity index (χ1v) is 7.31. The van der Waals surface area contributed by atoms with Crippen LogP contribution in [0.3, 0.4) is 0 Å². The fourth-order valence-electron chi connectivity index (χ4n) is 2.02. The molecular weight excluding hydrogens is 311 g/mol. The van der Waals surface area contributed by atoms with Crippen molar-refractivity contribution in [2.24, 2.45) is 0 Å². The average Bonchev–Trinajstić information content (AvgIpc) is 2.65. The number of aromatic nitrogens is 2. The van der Waals surface area contributed by atoms with E-state index in [-0.39, 0.29) is 0 Å². The van der Waals surface area contributed by atoms with Crippen molar-refractivity contribution in [3.8, 4) is 0 Å². The molecule has 0 radical (unpaired) electrons. The van der Waals surface area contributed by atoms with Gasteiger partial charge in [0.05, 0.1) is 6.61 Å². The zero-order chi connectivity index (χ0) is 15.8. The Hall–Kier alpha value is -1.17. The summed E-state index contributed by atoms with van der Waals surface area (Å²) in [7, 11) is -4.69. The Bertz CT molecular complexity index is 608. The van der Waals surface area contributed by atoms with Gasteiger partial charge < -0.3 is 14.9 Å². The van der Waals surface area contributed by atoms with Gasteiger partial charge in [-0.1, -0.05) is 0 Å². The van der Waals surface area contributed by atoms with Gasteiger partial charge in [-0.15, -0.1) is 4.52 Å². The van der Waals surface area contributed by atoms with Crippen LogP contribution in [0.25, 0.3) is 0 Å². The first-order chi connectivity index (χ1) is 9.73. The van der Waals surface area contributed by atoms with E-state index in [0.717, 1.165) is 16.8 Å². The quantitative estimate of drug-likeness (QED) is 0.312. The minimum absolute atomic E-state index is 0.652. The summed E-state index contributed by atoms with van der Waals surface area (Å²) in [5, 5.41) is 19.2. The molecule has 6 N–H and O–H groups in total. The van der Waals surface area contributed by atoms with Crippen LogP contribution >= 0.6 is 8.17 Å². The van der Waals surface area contributed by atoms with Gasteiger partial charge in [-0.3, -0.25) is 14.3 Å². The molecule has 0 unspecified atom stereocenters. The summed E-state index contributed by atoms with van der Waals surface area (Å²) in [4.78, 5) is 51.2. The van der Waals surface area contributed by atoms with E-state index in [1.54, 1.807) is 0 Å². The number of nitrogens with zero attached hydrogens (tertiary/aromatic N) is 1. The van der Waals surface area contributed by atoms with Crippen molar-refractivity contribution in [1.82, 2.24) is 9.55 Å². The second-order valence-electron chi connectivity index (χ2n) is 4.34. The Kier molecular flexibility index (Phi) is 4.56. The third kappa shape index (κ3) is 3.54. The van der Waals surface area contributed by atoms with Gasteiger partial charge in [0.25, 0.3) is 5.56 Å². The highest BCUT2D eigenvalue weighted by molar-refractivity contribution is 7.53. The summed E-state index contributed by atoms with van der Waals surface area (Å²) < 4.78 is 10.5. The lowest BCUT2D eigenvalue weighted by Crippen LogP contribution is -2.38. The smallest absolute Gasteiger partial charge is 0.394 e. The van der Waals surface area contributed by atoms with Crippen molar-refractivity contribution >= 4 is 8.17 Å². The summed E-state index contributed by atoms with van der Waals surface area (Å²) in [6.07, 6.45) is -4.58. The Balaban J connectivity index is 2.30. The van der Waals surface area contributed by atoms with Gasteiger partial charge in [0.2, 0.25) is 0 Å². The largest absolute Gasteiger partial charge is 0.567 e. The molecule has 1 aromatic rings. The van der Waals surface area contributed by atoms with Crippen molar-refractivity contribution < 1.29 is 34.2 Å². The highest BCUT2D eigenvalue weighted by Crippen LogP contribution is 2.50. The standard InChI is InChI=1S/C9H13N2O9P/c12-3-4-7(20-21(16,17)18)6(14)8(19-4)11-2-1-5(13)10-9(11)15/h1-2,4,6-8,12,14,16-18H,3H2/p+1/t4-,6-,7-,8-/m1/s1. The van der Waals surface area contributed by atoms with Crippen LogP contribution in [0.4, 0.5) is 0 Å². The number of aliphatic hydroxyl groups is 2. The monoisotopic (exact) mass is 325 g/mol. The summed E-state index contributed by atoms with van der Waals surface area (Å²) >= 11 is 0. The maximum atomic E-state index is 11.6. The van der Waals surface area contributed by atoms with Crippen LogP contribution in [-0.4, -0.2) is 59.4 Å². The van der Waals surface area contributed by atoms with Crippen molar-refractivity contribution in [2.45, 2.75) is 24.5 Å². The lowest BCUT2D eigenvalue weighted by molar-refractivity contribution is -0.0552. The second-order valence-corrected chi connectivity index (χ2v) is 5.58. The SMILES string of the molecule is O=c1ccn([C@@H]2O[C@H](CO)[C@@H](O[P+](O)(O)O)[C@H]2O)c(=O)[nH]1. The minimum Gasteiger partial charge on any atom is -0.394 e. The molecule has 0 aliphatic carbocycles. The number of nitrogens with one attached hydrogen (secondary N) is 1. The maximum Gasteiger partial charge on any atom is 0.567 e. The molecule has 118 valence electrons. The van der Waals surface area contributed by atoms with E-state index < -0.39 is 50.6 Å². The first kappa shape index (κ1) is 16.2. The van der Waals surface area contributed by atoms with Crippen molar-refractivity contribution in [3.05, 3.63) is 33.1 Å². The van der Waals surface area contributed by atoms with E-state index in [0.29, 0.717) is 0 Å². The molecule has 2 heterocycles. The van der Waals surface area contributed by atoms with Gasteiger partial charge in [-0.2, -0.15) is 14.7 Å². The zero-order valence-corrected chi connectivity index (χ0v) is 11.3. The number of hydrogen-bond donors (Lipinski definition) is 6. The molecule has 4 atom stereocenters. The molecule has 1 aliphatic rings. The van der Waals surface area contributed by atoms with Crippen molar-refractivity contribution in [1.29, 1.82) is 0 Å². The Morgan fingerprint density at radius 1 is 1.38 bits per heavy atom. The molecule has 12 heteroatoms. The summed E-state index contributed by atoms with van der Waals surface area (Å²) in [5.41, 5.74) is -1.52. The fourth-order valence-corrected chi connectivity index (χ4v) is 2.60. The molecule has 1 saturated heterocycles. The molecule has 0 bridgehead atoms. The van der Waals surface area contributed by atoms with E-state index >= 15 is 0 Å². The van der Waals surface area contributed by atoms with Crippen molar-refractivity contribution in [2.75, 3.05) is 6.61 Å². The lowest BCUT2D eigenvalue weighted by Gasteiger charge is -2.18. The van der Waals surface area contributed by atoms with Crippen LogP contribution in [0.5, 0.6) is 0 Å². The van der Waals surface area contributed by atoms with Crippen molar-refractivity contribution in [3.63, 3.8) is 0 Å². The van der Waals surface area contributed by atoms with Crippen LogP contribution in [-0.2, 0) is 9.26 Å². The number of aromatic amines is 1. The predicted molar refractivity (Wildman–Crippen MR) is 66.8 cm³/mol. The number of rotatable bonds is 4. The van der Waals surface area contributed by atoms with Crippen LogP contribution in [0.1, 0.15) is 6.23 Å². The van der Waals surface area contributed by atoms with Gasteiger partial charge >= 0.3 is 13.9 Å². The normalized spacial score (nSPS) is 29.8. The molecule has 2 rings (SSSR count). The second kappa shape index (κ2) is 5.91. The summed E-state index contributed by atoms with van der Waals surface area (Å²) in [5.74, 6) is 0. The molecule has 11 nitrogen and oxygen atoms in total. The molecule has 21 heavy (non-hydrogen) atoms. The Morgan fingerprint density at radius 2 is 2.05 bits per heavy atom.